The van der Waals surface area contributed by atoms with Crippen molar-refractivity contribution in [3.8, 4) is 0 Å². The summed E-state index contributed by atoms with van der Waals surface area (Å²) in [6, 6.07) is 9.42. The van der Waals surface area contributed by atoms with Crippen LogP contribution in [0.5, 0.6) is 0 Å². The number of hydrogen-bond donors (Lipinski definition) is 0. The van der Waals surface area contributed by atoms with Crippen molar-refractivity contribution in [1.29, 1.82) is 0 Å². The minimum atomic E-state index is -0.0909. The maximum atomic E-state index is 11.5. The molecule has 0 saturated carbocycles. The lowest BCUT2D eigenvalue weighted by Crippen LogP contribution is -2.23. The highest BCUT2D eigenvalue weighted by molar-refractivity contribution is 8.38. The third-order valence-electron chi connectivity index (χ3n) is 1.83. The number of thioether (sulfide) groups is 2. The molecule has 0 atom stereocenters. The van der Waals surface area contributed by atoms with Crippen molar-refractivity contribution >= 4 is 39.5 Å². The van der Waals surface area contributed by atoms with E-state index in [9.17, 15) is 4.79 Å². The summed E-state index contributed by atoms with van der Waals surface area (Å²) in [5.74, 6) is -0.0909. The lowest BCUT2D eigenvalue weighted by atomic mass is 10.3. The summed E-state index contributed by atoms with van der Waals surface area (Å²) < 4.78 is 0.860. The van der Waals surface area contributed by atoms with E-state index in [0.29, 0.717) is 0 Å². The van der Waals surface area contributed by atoms with E-state index in [0.717, 1.165) is 10.1 Å². The van der Waals surface area contributed by atoms with Gasteiger partial charge in [0, 0.05) is 6.92 Å². The van der Waals surface area contributed by atoms with Crippen LogP contribution >= 0.6 is 23.5 Å². The van der Waals surface area contributed by atoms with Crippen molar-refractivity contribution in [2.75, 3.05) is 17.5 Å². The summed E-state index contributed by atoms with van der Waals surface area (Å²) in [5, 5.41) is 5.73. The molecule has 1 aromatic rings. The number of para-hydroxylation sites is 1. The molecule has 0 saturated heterocycles. The molecule has 5 heteroatoms. The lowest BCUT2D eigenvalue weighted by Gasteiger charge is -2.15. The summed E-state index contributed by atoms with van der Waals surface area (Å²) in [6.07, 6.45) is 3.89. The van der Waals surface area contributed by atoms with Crippen LogP contribution in [0.2, 0.25) is 0 Å². The van der Waals surface area contributed by atoms with E-state index >= 15 is 0 Å². The highest BCUT2D eigenvalue weighted by Gasteiger charge is 2.10. The molecule has 3 nitrogen and oxygen atoms in total. The molecule has 0 unspecified atom stereocenters. The zero-order valence-corrected chi connectivity index (χ0v) is 11.1. The maximum absolute atomic E-state index is 11.5. The van der Waals surface area contributed by atoms with Crippen LogP contribution in [0, 0.1) is 0 Å². The van der Waals surface area contributed by atoms with Gasteiger partial charge in [-0.05, 0) is 24.6 Å². The van der Waals surface area contributed by atoms with Gasteiger partial charge in [0.2, 0.25) is 5.91 Å². The van der Waals surface area contributed by atoms with Crippen molar-refractivity contribution < 1.29 is 4.79 Å². The monoisotopic (exact) mass is 254 g/mol. The normalized spacial score (nSPS) is 9.69. The second-order valence-electron chi connectivity index (χ2n) is 2.94. The molecule has 86 valence electrons. The van der Waals surface area contributed by atoms with Crippen LogP contribution in [0.15, 0.2) is 35.4 Å². The predicted molar refractivity (Wildman–Crippen MR) is 74.1 cm³/mol. The smallest absolute Gasteiger partial charge is 0.244 e. The molecule has 0 aromatic heterocycles. The maximum Gasteiger partial charge on any atom is 0.244 e. The summed E-state index contributed by atoms with van der Waals surface area (Å²) >= 11 is 3.06. The average molecular weight is 254 g/mol. The van der Waals surface area contributed by atoms with E-state index in [-0.39, 0.29) is 5.91 Å². The van der Waals surface area contributed by atoms with Gasteiger partial charge in [0.15, 0.2) is 4.38 Å². The van der Waals surface area contributed by atoms with Gasteiger partial charge in [-0.2, -0.15) is 10.1 Å². The third kappa shape index (κ3) is 3.57. The van der Waals surface area contributed by atoms with Crippen LogP contribution in [0.4, 0.5) is 5.69 Å². The van der Waals surface area contributed by atoms with E-state index in [1.165, 1.54) is 35.5 Å². The van der Waals surface area contributed by atoms with E-state index in [1.54, 1.807) is 0 Å². The Hall–Kier alpha value is -0.940. The van der Waals surface area contributed by atoms with Gasteiger partial charge in [0.25, 0.3) is 0 Å². The fraction of sp³-hybridized carbons (Fsp3) is 0.273. The number of carbonyl (C=O) groups excluding carboxylic acids is 1. The average Bonchev–Trinajstić information content (AvgIpc) is 2.31. The van der Waals surface area contributed by atoms with Crippen LogP contribution in [0.3, 0.4) is 0 Å². The SMILES string of the molecule is CSC(=NN(C(C)=O)c1ccccc1)SC. The zero-order chi connectivity index (χ0) is 12.0. The zero-order valence-electron chi connectivity index (χ0n) is 9.51. The Balaban J connectivity index is 3.01. The number of nitrogens with zero attached hydrogens (tertiary/aromatic N) is 2. The summed E-state index contributed by atoms with van der Waals surface area (Å²) in [7, 11) is 0. The molecular weight excluding hydrogens is 240 g/mol. The summed E-state index contributed by atoms with van der Waals surface area (Å²) in [6.45, 7) is 1.51. The minimum Gasteiger partial charge on any atom is -0.273 e. The molecule has 0 aliphatic carbocycles. The molecule has 0 spiro atoms. The fourth-order valence-electron chi connectivity index (χ4n) is 1.13. The third-order valence-corrected chi connectivity index (χ3v) is 3.69. The molecule has 1 aromatic carbocycles. The number of hydrogen-bond acceptors (Lipinski definition) is 4. The second-order valence-corrected chi connectivity index (χ2v) is 4.79. The van der Waals surface area contributed by atoms with Crippen LogP contribution in [-0.4, -0.2) is 22.8 Å². The van der Waals surface area contributed by atoms with Crippen LogP contribution in [0.1, 0.15) is 6.92 Å². The molecular formula is C11H14N2OS2. The van der Waals surface area contributed by atoms with Gasteiger partial charge in [0.05, 0.1) is 5.69 Å². The first-order valence-corrected chi connectivity index (χ1v) is 7.16. The van der Waals surface area contributed by atoms with E-state index in [4.69, 9.17) is 0 Å². The first-order valence-electron chi connectivity index (χ1n) is 4.71. The van der Waals surface area contributed by atoms with Crippen molar-refractivity contribution in [2.45, 2.75) is 6.92 Å². The fourth-order valence-corrected chi connectivity index (χ4v) is 2.12. The van der Waals surface area contributed by atoms with Crippen LogP contribution < -0.4 is 5.01 Å². The molecule has 0 aliphatic rings. The molecule has 0 bridgehead atoms. The largest absolute Gasteiger partial charge is 0.273 e. The Labute approximate surface area is 104 Å². The van der Waals surface area contributed by atoms with Gasteiger partial charge >= 0.3 is 0 Å². The topological polar surface area (TPSA) is 32.7 Å². The highest BCUT2D eigenvalue weighted by atomic mass is 32.2. The highest BCUT2D eigenvalue weighted by Crippen LogP contribution is 2.18. The van der Waals surface area contributed by atoms with Crippen molar-refractivity contribution in [1.82, 2.24) is 0 Å². The number of anilines is 1. The molecule has 0 radical (unpaired) electrons. The van der Waals surface area contributed by atoms with E-state index in [2.05, 4.69) is 5.10 Å². The molecule has 0 fully saturated rings. The Morgan fingerprint density at radius 2 is 1.75 bits per heavy atom. The summed E-state index contributed by atoms with van der Waals surface area (Å²) in [5.41, 5.74) is 0.788. The first-order chi connectivity index (χ1) is 7.69. The van der Waals surface area contributed by atoms with Gasteiger partial charge in [-0.15, -0.1) is 23.5 Å². The van der Waals surface area contributed by atoms with E-state index in [1.807, 2.05) is 42.8 Å². The quantitative estimate of drug-likeness (QED) is 0.462. The van der Waals surface area contributed by atoms with Crippen molar-refractivity contribution in [3.05, 3.63) is 30.3 Å². The van der Waals surface area contributed by atoms with Gasteiger partial charge < -0.3 is 0 Å². The molecule has 0 N–H and O–H groups in total. The molecule has 1 amide bonds. The summed E-state index contributed by atoms with van der Waals surface area (Å²) in [4.78, 5) is 11.5. The Morgan fingerprint density at radius 1 is 1.19 bits per heavy atom. The van der Waals surface area contributed by atoms with Crippen LogP contribution in [-0.2, 0) is 4.79 Å². The van der Waals surface area contributed by atoms with Crippen molar-refractivity contribution in [3.63, 3.8) is 0 Å². The predicted octanol–water partition coefficient (Wildman–Crippen LogP) is 3.04. The number of benzene rings is 1. The number of carbonyl (C=O) groups is 1. The Bertz CT molecular complexity index is 373. The first kappa shape index (κ1) is 13.1. The molecule has 0 heterocycles. The van der Waals surface area contributed by atoms with Gasteiger partial charge in [0.1, 0.15) is 0 Å². The number of amides is 1. The Morgan fingerprint density at radius 3 is 2.19 bits per heavy atom. The Kier molecular flexibility index (Phi) is 5.42. The molecule has 1 rings (SSSR count). The van der Waals surface area contributed by atoms with Gasteiger partial charge in [-0.1, -0.05) is 18.2 Å². The van der Waals surface area contributed by atoms with E-state index < -0.39 is 0 Å². The molecule has 16 heavy (non-hydrogen) atoms. The van der Waals surface area contributed by atoms with Crippen molar-refractivity contribution in [2.24, 2.45) is 5.10 Å². The number of hydrazone groups is 1. The standard InChI is InChI=1S/C11H14N2OS2/c1-9(14)13(12-11(15-2)16-3)10-7-5-4-6-8-10/h4-8H,1-3H3. The van der Waals surface area contributed by atoms with Gasteiger partial charge in [-0.3, -0.25) is 4.79 Å². The molecule has 0 aliphatic heterocycles. The number of rotatable bonds is 2. The van der Waals surface area contributed by atoms with Gasteiger partial charge in [-0.25, -0.2) is 0 Å². The second kappa shape index (κ2) is 6.60. The lowest BCUT2D eigenvalue weighted by molar-refractivity contribution is -0.116. The van der Waals surface area contributed by atoms with Crippen LogP contribution in [0.25, 0.3) is 0 Å². The minimum absolute atomic E-state index is 0.0909.